The third-order valence-electron chi connectivity index (χ3n) is 3.14. The predicted octanol–water partition coefficient (Wildman–Crippen LogP) is 1.54. The first kappa shape index (κ1) is 10.8. The predicted molar refractivity (Wildman–Crippen MR) is 68.1 cm³/mol. The number of carboxylic acid groups (broad SMARTS) is 1. The standard InChI is InChI=1S/C15H12O3/c16-15(17)12-6-5-10-7-11-3-1-2-4-14(11)18-9-13(10)8-12/h2,4-9H,1,3H2,(H,16,17). The smallest absolute Gasteiger partial charge is 0.335 e. The molecule has 3 heteroatoms. The van der Waals surface area contributed by atoms with Gasteiger partial charge in [-0.15, -0.1) is 0 Å². The quantitative estimate of drug-likeness (QED) is 0.810. The Bertz CT molecular complexity index is 693. The van der Waals surface area contributed by atoms with Gasteiger partial charge in [-0.1, -0.05) is 12.1 Å². The molecule has 0 unspecified atom stereocenters. The summed E-state index contributed by atoms with van der Waals surface area (Å²) in [5.74, 6) is -0.0672. The van der Waals surface area contributed by atoms with Gasteiger partial charge in [0.25, 0.3) is 0 Å². The third-order valence-corrected chi connectivity index (χ3v) is 3.14. The fraction of sp³-hybridized carbons (Fsp3) is 0.133. The lowest BCUT2D eigenvalue weighted by Gasteiger charge is -2.09. The van der Waals surface area contributed by atoms with E-state index >= 15 is 0 Å². The minimum atomic E-state index is -0.923. The molecule has 0 atom stereocenters. The van der Waals surface area contributed by atoms with Gasteiger partial charge in [0.05, 0.1) is 11.8 Å². The third kappa shape index (κ3) is 1.84. The molecule has 1 aromatic rings. The molecule has 0 bridgehead atoms. The molecule has 0 aromatic heterocycles. The summed E-state index contributed by atoms with van der Waals surface area (Å²) in [5.41, 5.74) is 1.44. The number of benzene rings is 1. The van der Waals surface area contributed by atoms with Crippen molar-refractivity contribution in [3.8, 4) is 0 Å². The molecule has 18 heavy (non-hydrogen) atoms. The highest BCUT2D eigenvalue weighted by atomic mass is 16.5. The van der Waals surface area contributed by atoms with Crippen LogP contribution in [0.4, 0.5) is 0 Å². The zero-order valence-electron chi connectivity index (χ0n) is 9.72. The van der Waals surface area contributed by atoms with E-state index in [1.165, 1.54) is 0 Å². The van der Waals surface area contributed by atoms with Crippen LogP contribution in [0.5, 0.6) is 0 Å². The van der Waals surface area contributed by atoms with Crippen LogP contribution in [0.1, 0.15) is 23.2 Å². The molecule has 1 heterocycles. The first-order chi connectivity index (χ1) is 8.74. The Morgan fingerprint density at radius 2 is 2.17 bits per heavy atom. The molecule has 0 saturated carbocycles. The van der Waals surface area contributed by atoms with Crippen LogP contribution in [-0.4, -0.2) is 11.1 Å². The number of hydrogen-bond acceptors (Lipinski definition) is 2. The maximum atomic E-state index is 10.9. The molecule has 0 radical (unpaired) electrons. The van der Waals surface area contributed by atoms with Gasteiger partial charge in [0, 0.05) is 5.22 Å². The summed E-state index contributed by atoms with van der Waals surface area (Å²) in [7, 11) is 0. The number of allylic oxidation sites excluding steroid dienone is 3. The number of hydrogen-bond donors (Lipinski definition) is 1. The van der Waals surface area contributed by atoms with E-state index < -0.39 is 5.97 Å². The Hall–Kier alpha value is -2.29. The van der Waals surface area contributed by atoms with Crippen molar-refractivity contribution < 1.29 is 14.6 Å². The molecule has 90 valence electrons. The lowest BCUT2D eigenvalue weighted by Crippen LogP contribution is -2.25. The Balaban J connectivity index is 2.18. The molecule has 0 amide bonds. The Morgan fingerprint density at radius 1 is 1.28 bits per heavy atom. The monoisotopic (exact) mass is 240 g/mol. The number of ether oxygens (including phenoxy) is 1. The first-order valence-electron chi connectivity index (χ1n) is 5.86. The SMILES string of the molecule is O=C(O)c1ccc2c(c1)=COC1=C(C=2)CCC=C1. The van der Waals surface area contributed by atoms with Crippen molar-refractivity contribution >= 4 is 18.3 Å². The second-order valence-electron chi connectivity index (χ2n) is 4.36. The highest BCUT2D eigenvalue weighted by molar-refractivity contribution is 5.87. The van der Waals surface area contributed by atoms with Gasteiger partial charge in [0.15, 0.2) is 0 Å². The Morgan fingerprint density at radius 3 is 3.00 bits per heavy atom. The molecule has 2 aliphatic rings. The van der Waals surface area contributed by atoms with E-state index in [4.69, 9.17) is 9.84 Å². The van der Waals surface area contributed by atoms with Gasteiger partial charge < -0.3 is 9.84 Å². The summed E-state index contributed by atoms with van der Waals surface area (Å²) in [6.07, 6.45) is 9.72. The van der Waals surface area contributed by atoms with Crippen molar-refractivity contribution in [2.24, 2.45) is 0 Å². The van der Waals surface area contributed by atoms with Crippen molar-refractivity contribution in [3.05, 3.63) is 57.7 Å². The average Bonchev–Trinajstić information content (AvgIpc) is 2.56. The van der Waals surface area contributed by atoms with E-state index in [0.717, 1.165) is 34.6 Å². The molecule has 3 nitrogen and oxygen atoms in total. The van der Waals surface area contributed by atoms with Crippen LogP contribution >= 0.6 is 0 Å². The molecular weight excluding hydrogens is 228 g/mol. The number of aromatic carboxylic acids is 1. The number of carboxylic acids is 1. The summed E-state index contributed by atoms with van der Waals surface area (Å²) in [6, 6.07) is 5.08. The van der Waals surface area contributed by atoms with Gasteiger partial charge in [0.1, 0.15) is 5.76 Å². The Labute approximate surface area is 104 Å². The molecule has 1 aliphatic carbocycles. The van der Waals surface area contributed by atoms with Crippen molar-refractivity contribution in [1.29, 1.82) is 0 Å². The number of rotatable bonds is 1. The lowest BCUT2D eigenvalue weighted by molar-refractivity contribution is 0.0697. The highest BCUT2D eigenvalue weighted by Gasteiger charge is 2.10. The lowest BCUT2D eigenvalue weighted by atomic mass is 10.0. The second kappa shape index (κ2) is 4.18. The van der Waals surface area contributed by atoms with E-state index in [1.54, 1.807) is 18.4 Å². The van der Waals surface area contributed by atoms with Crippen LogP contribution in [0, 0.1) is 0 Å². The van der Waals surface area contributed by atoms with Crippen molar-refractivity contribution in [3.63, 3.8) is 0 Å². The van der Waals surface area contributed by atoms with Crippen molar-refractivity contribution in [1.82, 2.24) is 0 Å². The topological polar surface area (TPSA) is 46.5 Å². The van der Waals surface area contributed by atoms with E-state index in [0.29, 0.717) is 0 Å². The molecule has 1 aliphatic heterocycles. The van der Waals surface area contributed by atoms with Gasteiger partial charge in [0.2, 0.25) is 0 Å². The van der Waals surface area contributed by atoms with Crippen LogP contribution < -0.4 is 10.4 Å². The average molecular weight is 240 g/mol. The normalized spacial score (nSPS) is 16.7. The minimum Gasteiger partial charge on any atom is -0.478 e. The molecular formula is C15H12O3. The zero-order valence-corrected chi connectivity index (χ0v) is 9.72. The largest absolute Gasteiger partial charge is 0.478 e. The second-order valence-corrected chi connectivity index (χ2v) is 4.36. The summed E-state index contributed by atoms with van der Waals surface area (Å²) in [5, 5.41) is 10.8. The van der Waals surface area contributed by atoms with Crippen LogP contribution in [0.2, 0.25) is 0 Å². The van der Waals surface area contributed by atoms with E-state index in [1.807, 2.05) is 12.1 Å². The molecule has 3 rings (SSSR count). The molecule has 1 N–H and O–H groups in total. The van der Waals surface area contributed by atoms with Crippen LogP contribution in [-0.2, 0) is 4.74 Å². The first-order valence-corrected chi connectivity index (χ1v) is 5.86. The fourth-order valence-electron chi connectivity index (χ4n) is 2.17. The van der Waals surface area contributed by atoms with Crippen molar-refractivity contribution in [2.45, 2.75) is 12.8 Å². The Kier molecular flexibility index (Phi) is 2.52. The van der Waals surface area contributed by atoms with Crippen molar-refractivity contribution in [2.75, 3.05) is 0 Å². The van der Waals surface area contributed by atoms with E-state index in [2.05, 4.69) is 12.2 Å². The van der Waals surface area contributed by atoms with E-state index in [-0.39, 0.29) is 5.56 Å². The summed E-state index contributed by atoms with van der Waals surface area (Å²) >= 11 is 0. The number of fused-ring (bicyclic) bond motifs is 1. The van der Waals surface area contributed by atoms with Gasteiger partial charge in [-0.2, -0.15) is 0 Å². The molecule has 0 spiro atoms. The van der Waals surface area contributed by atoms with Crippen LogP contribution in [0.3, 0.4) is 0 Å². The number of carbonyl (C=O) groups is 1. The zero-order chi connectivity index (χ0) is 12.5. The van der Waals surface area contributed by atoms with Crippen LogP contribution in [0.15, 0.2) is 41.7 Å². The molecule has 1 aromatic carbocycles. The summed E-state index contributed by atoms with van der Waals surface area (Å²) < 4.78 is 5.61. The molecule has 0 fully saturated rings. The minimum absolute atomic E-state index is 0.275. The van der Waals surface area contributed by atoms with Gasteiger partial charge in [-0.05, 0) is 47.9 Å². The van der Waals surface area contributed by atoms with Gasteiger partial charge in [-0.25, -0.2) is 4.79 Å². The maximum Gasteiger partial charge on any atom is 0.335 e. The molecule has 0 saturated heterocycles. The fourth-order valence-corrected chi connectivity index (χ4v) is 2.17. The summed E-state index contributed by atoms with van der Waals surface area (Å²) in [6.45, 7) is 0. The highest BCUT2D eigenvalue weighted by Crippen LogP contribution is 2.21. The van der Waals surface area contributed by atoms with Gasteiger partial charge >= 0.3 is 5.97 Å². The maximum absolute atomic E-state index is 10.9. The summed E-state index contributed by atoms with van der Waals surface area (Å²) in [4.78, 5) is 10.9. The van der Waals surface area contributed by atoms with Crippen LogP contribution in [0.25, 0.3) is 12.3 Å². The van der Waals surface area contributed by atoms with E-state index in [9.17, 15) is 4.79 Å². The van der Waals surface area contributed by atoms with Gasteiger partial charge in [-0.3, -0.25) is 0 Å².